The molecule has 0 unspecified atom stereocenters. The lowest BCUT2D eigenvalue weighted by atomic mass is 10.2. The Morgan fingerprint density at radius 3 is 2.61 bits per heavy atom. The van der Waals surface area contributed by atoms with Crippen LogP contribution < -0.4 is 9.47 Å². The Labute approximate surface area is 155 Å². The largest absolute Gasteiger partial charge is 0.490 e. The average Bonchev–Trinajstić information content (AvgIpc) is 2.52. The molecule has 2 aromatic rings. The molecule has 23 heavy (non-hydrogen) atoms. The van der Waals surface area contributed by atoms with Gasteiger partial charge in [0, 0.05) is 11.2 Å². The number of rotatable bonds is 6. The van der Waals surface area contributed by atoms with Crippen LogP contribution in [0.5, 0.6) is 11.5 Å². The predicted octanol–water partition coefficient (Wildman–Crippen LogP) is 5.80. The van der Waals surface area contributed by atoms with Crippen LogP contribution >= 0.6 is 34.2 Å². The van der Waals surface area contributed by atoms with E-state index in [-0.39, 0.29) is 0 Å². The summed E-state index contributed by atoms with van der Waals surface area (Å²) < 4.78 is 12.4. The molecule has 122 valence electrons. The van der Waals surface area contributed by atoms with Gasteiger partial charge in [-0.3, -0.25) is 4.99 Å². The zero-order valence-electron chi connectivity index (χ0n) is 13.4. The van der Waals surface area contributed by atoms with Crippen molar-refractivity contribution in [2.45, 2.75) is 20.8 Å². The van der Waals surface area contributed by atoms with Gasteiger partial charge in [-0.2, -0.15) is 0 Å². The van der Waals surface area contributed by atoms with Gasteiger partial charge in [0.1, 0.15) is 0 Å². The van der Waals surface area contributed by atoms with Crippen LogP contribution in [0.1, 0.15) is 25.0 Å². The third kappa shape index (κ3) is 4.61. The molecule has 0 fully saturated rings. The Kier molecular flexibility index (Phi) is 6.72. The van der Waals surface area contributed by atoms with Gasteiger partial charge >= 0.3 is 0 Å². The van der Waals surface area contributed by atoms with Crippen molar-refractivity contribution in [3.8, 4) is 11.5 Å². The number of nitrogens with zero attached hydrogens (tertiary/aromatic N) is 1. The van der Waals surface area contributed by atoms with Gasteiger partial charge in [-0.25, -0.2) is 0 Å². The number of aliphatic imine (C=N–C) groups is 1. The molecule has 0 aliphatic heterocycles. The highest BCUT2D eigenvalue weighted by Gasteiger charge is 2.11. The quantitative estimate of drug-likeness (QED) is 0.417. The van der Waals surface area contributed by atoms with E-state index in [2.05, 4.69) is 27.6 Å². The fraction of sp³-hybridized carbons (Fsp3) is 0.278. The maximum atomic E-state index is 6.13. The first kappa shape index (κ1) is 18.1. The van der Waals surface area contributed by atoms with Gasteiger partial charge in [0.2, 0.25) is 0 Å². The molecule has 0 bridgehead atoms. The molecule has 0 aliphatic carbocycles. The molecule has 0 saturated heterocycles. The summed E-state index contributed by atoms with van der Waals surface area (Å²) >= 11 is 8.38. The van der Waals surface area contributed by atoms with E-state index in [1.54, 1.807) is 0 Å². The number of hydrogen-bond acceptors (Lipinski definition) is 3. The van der Waals surface area contributed by atoms with Crippen molar-refractivity contribution in [3.63, 3.8) is 0 Å². The normalized spacial score (nSPS) is 11.0. The fourth-order valence-electron chi connectivity index (χ4n) is 2.09. The molecule has 0 heterocycles. The third-order valence-corrected chi connectivity index (χ3v) is 4.42. The van der Waals surface area contributed by atoms with E-state index >= 15 is 0 Å². The second-order valence-corrected chi connectivity index (χ2v) is 6.41. The molecule has 0 atom stereocenters. The van der Waals surface area contributed by atoms with Crippen LogP contribution in [0.2, 0.25) is 5.02 Å². The molecular weight excluding hydrogens is 425 g/mol. The lowest BCUT2D eigenvalue weighted by Crippen LogP contribution is -2.01. The summed E-state index contributed by atoms with van der Waals surface area (Å²) in [7, 11) is 0. The van der Waals surface area contributed by atoms with Crippen molar-refractivity contribution in [2.75, 3.05) is 13.2 Å². The summed E-state index contributed by atoms with van der Waals surface area (Å²) in [5, 5.41) is 0.718. The highest BCUT2D eigenvalue weighted by Crippen LogP contribution is 2.34. The van der Waals surface area contributed by atoms with E-state index in [0.29, 0.717) is 13.2 Å². The molecule has 0 radical (unpaired) electrons. The van der Waals surface area contributed by atoms with Crippen molar-refractivity contribution < 1.29 is 9.47 Å². The van der Waals surface area contributed by atoms with Crippen LogP contribution in [0.4, 0.5) is 5.69 Å². The summed E-state index contributed by atoms with van der Waals surface area (Å²) in [5.41, 5.74) is 2.79. The maximum Gasteiger partial charge on any atom is 0.174 e. The number of ether oxygens (including phenoxy) is 2. The van der Waals surface area contributed by atoms with Crippen molar-refractivity contribution in [1.82, 2.24) is 0 Å². The van der Waals surface area contributed by atoms with Gasteiger partial charge in [-0.1, -0.05) is 17.7 Å². The Bertz CT molecular complexity index is 716. The van der Waals surface area contributed by atoms with Crippen LogP contribution in [-0.2, 0) is 0 Å². The molecule has 0 N–H and O–H groups in total. The van der Waals surface area contributed by atoms with E-state index in [1.165, 1.54) is 0 Å². The van der Waals surface area contributed by atoms with E-state index < -0.39 is 0 Å². The van der Waals surface area contributed by atoms with Crippen LogP contribution in [0.3, 0.4) is 0 Å². The van der Waals surface area contributed by atoms with E-state index in [4.69, 9.17) is 21.1 Å². The molecule has 0 aromatic heterocycles. The van der Waals surface area contributed by atoms with E-state index in [1.807, 2.05) is 57.3 Å². The maximum absolute atomic E-state index is 6.13. The summed E-state index contributed by atoms with van der Waals surface area (Å²) in [6, 6.07) is 9.68. The summed E-state index contributed by atoms with van der Waals surface area (Å²) in [4.78, 5) is 4.55. The Balaban J connectivity index is 2.36. The Morgan fingerprint density at radius 2 is 1.91 bits per heavy atom. The average molecular weight is 444 g/mol. The summed E-state index contributed by atoms with van der Waals surface area (Å²) in [6.07, 6.45) is 1.82. The Morgan fingerprint density at radius 1 is 1.17 bits per heavy atom. The molecule has 0 saturated carbocycles. The van der Waals surface area contributed by atoms with Crippen molar-refractivity contribution in [2.24, 2.45) is 4.99 Å². The van der Waals surface area contributed by atoms with Gasteiger partial charge in [0.25, 0.3) is 0 Å². The highest BCUT2D eigenvalue weighted by molar-refractivity contribution is 14.1. The highest BCUT2D eigenvalue weighted by atomic mass is 127. The molecule has 3 nitrogen and oxygen atoms in total. The Hall–Kier alpha value is -1.27. The van der Waals surface area contributed by atoms with Crippen LogP contribution in [0.25, 0.3) is 0 Å². The second-order valence-electron chi connectivity index (χ2n) is 4.84. The lowest BCUT2D eigenvalue weighted by Gasteiger charge is -2.13. The predicted molar refractivity (Wildman–Crippen MR) is 105 cm³/mol. The minimum absolute atomic E-state index is 0.587. The summed E-state index contributed by atoms with van der Waals surface area (Å²) in [5.74, 6) is 1.52. The SMILES string of the molecule is CCOc1cc(C=Nc2cccc(Cl)c2C)cc(I)c1OCC. The van der Waals surface area contributed by atoms with Crippen molar-refractivity contribution in [1.29, 1.82) is 0 Å². The van der Waals surface area contributed by atoms with Crippen LogP contribution in [0.15, 0.2) is 35.3 Å². The standard InChI is InChI=1S/C18H19ClINO2/c1-4-22-17-10-13(9-15(20)18(17)23-5-2)11-21-16-8-6-7-14(19)12(16)3/h6-11H,4-5H2,1-3H3. The van der Waals surface area contributed by atoms with E-state index in [9.17, 15) is 0 Å². The molecule has 0 spiro atoms. The molecule has 2 rings (SSSR count). The fourth-order valence-corrected chi connectivity index (χ4v) is 3.04. The minimum Gasteiger partial charge on any atom is -0.490 e. The zero-order chi connectivity index (χ0) is 16.8. The first-order valence-electron chi connectivity index (χ1n) is 7.45. The lowest BCUT2D eigenvalue weighted by molar-refractivity contribution is 0.286. The number of benzene rings is 2. The van der Waals surface area contributed by atoms with Gasteiger partial charge in [0.15, 0.2) is 11.5 Å². The monoisotopic (exact) mass is 443 g/mol. The van der Waals surface area contributed by atoms with E-state index in [0.717, 1.165) is 36.9 Å². The third-order valence-electron chi connectivity index (χ3n) is 3.21. The topological polar surface area (TPSA) is 30.8 Å². The molecule has 2 aromatic carbocycles. The first-order valence-corrected chi connectivity index (χ1v) is 8.90. The van der Waals surface area contributed by atoms with Gasteiger partial charge < -0.3 is 9.47 Å². The molecular formula is C18H19ClINO2. The van der Waals surface area contributed by atoms with Crippen molar-refractivity contribution >= 4 is 46.1 Å². The van der Waals surface area contributed by atoms with Crippen LogP contribution in [-0.4, -0.2) is 19.4 Å². The van der Waals surface area contributed by atoms with Gasteiger partial charge in [-0.15, -0.1) is 0 Å². The molecule has 0 amide bonds. The molecule has 5 heteroatoms. The van der Waals surface area contributed by atoms with Crippen molar-refractivity contribution in [3.05, 3.63) is 50.1 Å². The smallest absolute Gasteiger partial charge is 0.174 e. The minimum atomic E-state index is 0.587. The summed E-state index contributed by atoms with van der Waals surface area (Å²) in [6.45, 7) is 7.07. The van der Waals surface area contributed by atoms with Gasteiger partial charge in [-0.05, 0) is 78.8 Å². The molecule has 0 aliphatic rings. The zero-order valence-corrected chi connectivity index (χ0v) is 16.3. The van der Waals surface area contributed by atoms with Crippen LogP contribution in [0, 0.1) is 10.5 Å². The first-order chi connectivity index (χ1) is 11.1. The number of hydrogen-bond donors (Lipinski definition) is 0. The second kappa shape index (κ2) is 8.55. The van der Waals surface area contributed by atoms with Gasteiger partial charge in [0.05, 0.1) is 22.5 Å². The number of halogens is 2.